The van der Waals surface area contributed by atoms with Crippen molar-refractivity contribution in [3.63, 3.8) is 0 Å². The molecule has 2 atom stereocenters. The first-order chi connectivity index (χ1) is 18.2. The number of hydrogen-bond donors (Lipinski definition) is 2. The first kappa shape index (κ1) is 25.4. The molecular formula is C30H34N4O2S. The van der Waals surface area contributed by atoms with Gasteiger partial charge in [-0.3, -0.25) is 5.32 Å². The first-order valence-electron chi connectivity index (χ1n) is 13.0. The van der Waals surface area contributed by atoms with Gasteiger partial charge in [0.1, 0.15) is 0 Å². The molecule has 1 aliphatic rings. The maximum atomic E-state index is 13.5. The molecule has 6 nitrogen and oxygen atoms in total. The minimum Gasteiger partial charge on any atom is -0.377 e. The lowest BCUT2D eigenvalue weighted by atomic mass is 9.88. The molecule has 192 valence electrons. The van der Waals surface area contributed by atoms with Gasteiger partial charge in [0.15, 0.2) is 5.13 Å². The molecule has 5 rings (SSSR count). The van der Waals surface area contributed by atoms with E-state index in [0.717, 1.165) is 29.7 Å². The molecule has 7 heteroatoms. The van der Waals surface area contributed by atoms with E-state index >= 15 is 0 Å². The number of nitrogens with zero attached hydrogens (tertiary/aromatic N) is 2. The summed E-state index contributed by atoms with van der Waals surface area (Å²) in [6, 6.07) is 29.3. The van der Waals surface area contributed by atoms with Gasteiger partial charge in [-0.15, -0.1) is 0 Å². The van der Waals surface area contributed by atoms with Gasteiger partial charge >= 0.3 is 6.03 Å². The number of rotatable bonds is 10. The summed E-state index contributed by atoms with van der Waals surface area (Å²) in [6.45, 7) is 4.84. The summed E-state index contributed by atoms with van der Waals surface area (Å²) in [5.41, 5.74) is 3.42. The average Bonchev–Trinajstić information content (AvgIpc) is 3.54. The van der Waals surface area contributed by atoms with Gasteiger partial charge in [0.25, 0.3) is 0 Å². The zero-order valence-electron chi connectivity index (χ0n) is 21.2. The fourth-order valence-electron chi connectivity index (χ4n) is 4.98. The number of amides is 2. The first-order valence-corrected chi connectivity index (χ1v) is 13.9. The minimum atomic E-state index is -0.114. The summed E-state index contributed by atoms with van der Waals surface area (Å²) in [5, 5.41) is 7.29. The molecule has 1 aliphatic heterocycles. The Bertz CT molecular complexity index is 1210. The van der Waals surface area contributed by atoms with Crippen molar-refractivity contribution in [1.29, 1.82) is 0 Å². The maximum Gasteiger partial charge on any atom is 0.323 e. The third kappa shape index (κ3) is 6.55. The van der Waals surface area contributed by atoms with E-state index in [0.29, 0.717) is 30.8 Å². The molecule has 37 heavy (non-hydrogen) atoms. The van der Waals surface area contributed by atoms with Gasteiger partial charge < -0.3 is 15.0 Å². The number of ether oxygens (including phenoxy) is 1. The van der Waals surface area contributed by atoms with Gasteiger partial charge in [0.2, 0.25) is 0 Å². The SMILES string of the molecule is CC1OCCC1NCCN(CCC(c1ccccc1)c1ccccc1)C(=O)Nc1nc2ccccc2s1. The van der Waals surface area contributed by atoms with E-state index in [4.69, 9.17) is 4.74 Å². The third-order valence-electron chi connectivity index (χ3n) is 7.05. The summed E-state index contributed by atoms with van der Waals surface area (Å²) in [5.74, 6) is 0.205. The largest absolute Gasteiger partial charge is 0.377 e. The monoisotopic (exact) mass is 514 g/mol. The Kier molecular flexibility index (Phi) is 8.46. The predicted octanol–water partition coefficient (Wildman–Crippen LogP) is 6.12. The standard InChI is InChI=1S/C30H34N4O2S/c1-22-26(17-21-36-22)31-18-20-34(30(35)33-29-32-27-14-8-9-15-28(27)37-29)19-16-25(23-10-4-2-5-11-23)24-12-6-3-7-13-24/h2-15,22,25-26,31H,16-21H2,1H3,(H,32,33,35). The zero-order valence-corrected chi connectivity index (χ0v) is 22.0. The van der Waals surface area contributed by atoms with Crippen LogP contribution in [0.2, 0.25) is 0 Å². The molecule has 0 spiro atoms. The predicted molar refractivity (Wildman–Crippen MR) is 151 cm³/mol. The van der Waals surface area contributed by atoms with E-state index in [1.165, 1.54) is 22.5 Å². The number of carbonyl (C=O) groups excluding carboxylic acids is 1. The molecule has 0 saturated carbocycles. The lowest BCUT2D eigenvalue weighted by Gasteiger charge is -2.27. The van der Waals surface area contributed by atoms with Crippen molar-refractivity contribution in [2.24, 2.45) is 0 Å². The number of fused-ring (bicyclic) bond motifs is 1. The molecule has 0 aliphatic carbocycles. The van der Waals surface area contributed by atoms with E-state index < -0.39 is 0 Å². The summed E-state index contributed by atoms with van der Waals surface area (Å²) in [4.78, 5) is 20.0. The maximum absolute atomic E-state index is 13.5. The van der Waals surface area contributed by atoms with Gasteiger partial charge in [-0.25, -0.2) is 9.78 Å². The fourth-order valence-corrected chi connectivity index (χ4v) is 5.83. The lowest BCUT2D eigenvalue weighted by Crippen LogP contribution is -2.44. The van der Waals surface area contributed by atoms with Crippen molar-refractivity contribution in [2.75, 3.05) is 31.6 Å². The number of nitrogens with one attached hydrogen (secondary N) is 2. The Morgan fingerprint density at radius 3 is 2.32 bits per heavy atom. The van der Waals surface area contributed by atoms with Crippen LogP contribution < -0.4 is 10.6 Å². The highest BCUT2D eigenvalue weighted by Crippen LogP contribution is 2.29. The Morgan fingerprint density at radius 1 is 1.00 bits per heavy atom. The topological polar surface area (TPSA) is 66.5 Å². The number of carbonyl (C=O) groups is 1. The zero-order chi connectivity index (χ0) is 25.5. The normalized spacial score (nSPS) is 17.4. The highest BCUT2D eigenvalue weighted by molar-refractivity contribution is 7.22. The van der Waals surface area contributed by atoms with Crippen molar-refractivity contribution in [1.82, 2.24) is 15.2 Å². The second-order valence-electron chi connectivity index (χ2n) is 9.49. The summed E-state index contributed by atoms with van der Waals surface area (Å²) in [6.07, 6.45) is 2.03. The quantitative estimate of drug-likeness (QED) is 0.268. The summed E-state index contributed by atoms with van der Waals surface area (Å²) < 4.78 is 6.76. The number of benzene rings is 3. The Balaban J connectivity index is 1.30. The lowest BCUT2D eigenvalue weighted by molar-refractivity contribution is 0.113. The minimum absolute atomic E-state index is 0.114. The van der Waals surface area contributed by atoms with Crippen LogP contribution in [-0.2, 0) is 4.74 Å². The smallest absolute Gasteiger partial charge is 0.323 e. The molecular weight excluding hydrogens is 480 g/mol. The molecule has 0 radical (unpaired) electrons. The molecule has 2 unspecified atom stereocenters. The van der Waals surface area contributed by atoms with Crippen LogP contribution in [0.15, 0.2) is 84.9 Å². The van der Waals surface area contributed by atoms with Gasteiger partial charge in [-0.1, -0.05) is 84.1 Å². The molecule has 4 aromatic rings. The Labute approximate surface area is 222 Å². The van der Waals surface area contributed by atoms with Crippen LogP contribution in [-0.4, -0.2) is 54.3 Å². The second-order valence-corrected chi connectivity index (χ2v) is 10.5. The molecule has 2 N–H and O–H groups in total. The number of hydrogen-bond acceptors (Lipinski definition) is 5. The molecule has 2 heterocycles. The van der Waals surface area contributed by atoms with E-state index in [2.05, 4.69) is 71.1 Å². The van der Waals surface area contributed by atoms with Crippen LogP contribution in [0.4, 0.5) is 9.93 Å². The highest BCUT2D eigenvalue weighted by atomic mass is 32.1. The molecule has 1 aromatic heterocycles. The van der Waals surface area contributed by atoms with Crippen molar-refractivity contribution >= 4 is 32.7 Å². The number of urea groups is 1. The number of anilines is 1. The van der Waals surface area contributed by atoms with Crippen LogP contribution in [0.5, 0.6) is 0 Å². The number of para-hydroxylation sites is 1. The summed E-state index contributed by atoms with van der Waals surface area (Å²) in [7, 11) is 0. The van der Waals surface area contributed by atoms with Crippen molar-refractivity contribution in [3.8, 4) is 0 Å². The Morgan fingerprint density at radius 2 is 1.68 bits per heavy atom. The van der Waals surface area contributed by atoms with Crippen LogP contribution in [0, 0.1) is 0 Å². The third-order valence-corrected chi connectivity index (χ3v) is 8.00. The second kappa shape index (κ2) is 12.3. The van der Waals surface area contributed by atoms with Crippen LogP contribution in [0.1, 0.15) is 36.8 Å². The van der Waals surface area contributed by atoms with Gasteiger partial charge in [0, 0.05) is 38.2 Å². The molecule has 3 aromatic carbocycles. The van der Waals surface area contributed by atoms with Crippen LogP contribution >= 0.6 is 11.3 Å². The van der Waals surface area contributed by atoms with E-state index in [1.807, 2.05) is 41.3 Å². The molecule has 0 bridgehead atoms. The van der Waals surface area contributed by atoms with Gasteiger partial charge in [0.05, 0.1) is 16.3 Å². The van der Waals surface area contributed by atoms with E-state index in [1.54, 1.807) is 0 Å². The van der Waals surface area contributed by atoms with Crippen LogP contribution in [0.3, 0.4) is 0 Å². The van der Waals surface area contributed by atoms with Crippen molar-refractivity contribution < 1.29 is 9.53 Å². The van der Waals surface area contributed by atoms with Crippen LogP contribution in [0.25, 0.3) is 10.2 Å². The Hall–Kier alpha value is -3.26. The van der Waals surface area contributed by atoms with Crippen molar-refractivity contribution in [3.05, 3.63) is 96.1 Å². The molecule has 1 fully saturated rings. The van der Waals surface area contributed by atoms with Gasteiger partial charge in [-0.2, -0.15) is 0 Å². The molecule has 1 saturated heterocycles. The molecule has 2 amide bonds. The highest BCUT2D eigenvalue weighted by Gasteiger charge is 2.24. The van der Waals surface area contributed by atoms with E-state index in [9.17, 15) is 4.79 Å². The van der Waals surface area contributed by atoms with E-state index in [-0.39, 0.29) is 18.1 Å². The summed E-state index contributed by atoms with van der Waals surface area (Å²) >= 11 is 1.50. The van der Waals surface area contributed by atoms with Gasteiger partial charge in [-0.05, 0) is 43.0 Å². The fraction of sp³-hybridized carbons (Fsp3) is 0.333. The average molecular weight is 515 g/mol. The number of thiazole rings is 1. The van der Waals surface area contributed by atoms with Crippen molar-refractivity contribution in [2.45, 2.75) is 37.8 Å². The number of aromatic nitrogens is 1.